The molecule has 0 radical (unpaired) electrons. The first kappa shape index (κ1) is 14.9. The number of carbonyl (C=O) groups excluding carboxylic acids is 2. The number of nitrogens with zero attached hydrogens (tertiary/aromatic N) is 2. The molecule has 0 aliphatic carbocycles. The van der Waals surface area contributed by atoms with E-state index in [1.165, 1.54) is 6.92 Å². The molecule has 0 aromatic heterocycles. The SMILES string of the molecule is CC(=O)N1N=C(c2ccc(Br)cc2)O[C@@]12C(=O)Nc1ccccc12. The molecule has 0 saturated heterocycles. The summed E-state index contributed by atoms with van der Waals surface area (Å²) in [6.07, 6.45) is 0. The maximum absolute atomic E-state index is 12.7. The molecule has 1 atom stereocenters. The van der Waals surface area contributed by atoms with Crippen molar-refractivity contribution in [1.82, 2.24) is 5.01 Å². The summed E-state index contributed by atoms with van der Waals surface area (Å²) < 4.78 is 6.89. The van der Waals surface area contributed by atoms with Crippen molar-refractivity contribution in [3.63, 3.8) is 0 Å². The minimum Gasteiger partial charge on any atom is -0.433 e. The topological polar surface area (TPSA) is 71.0 Å². The van der Waals surface area contributed by atoms with Gasteiger partial charge in [-0.15, -0.1) is 5.10 Å². The van der Waals surface area contributed by atoms with Crippen LogP contribution in [0.2, 0.25) is 0 Å². The van der Waals surface area contributed by atoms with Crippen molar-refractivity contribution in [3.8, 4) is 0 Å². The summed E-state index contributed by atoms with van der Waals surface area (Å²) >= 11 is 3.37. The number of rotatable bonds is 1. The second kappa shape index (κ2) is 5.17. The fourth-order valence-corrected chi connectivity index (χ4v) is 3.16. The van der Waals surface area contributed by atoms with Crippen LogP contribution in [0.15, 0.2) is 58.1 Å². The molecular weight excluding hydrogens is 374 g/mol. The molecule has 4 rings (SSSR count). The molecule has 2 amide bonds. The number of ether oxygens (including phenoxy) is 1. The number of fused-ring (bicyclic) bond motifs is 2. The Labute approximate surface area is 146 Å². The van der Waals surface area contributed by atoms with Crippen LogP contribution in [-0.4, -0.2) is 22.7 Å². The van der Waals surface area contributed by atoms with Crippen molar-refractivity contribution < 1.29 is 14.3 Å². The van der Waals surface area contributed by atoms with Gasteiger partial charge >= 0.3 is 5.72 Å². The van der Waals surface area contributed by atoms with Gasteiger partial charge in [-0.25, -0.2) is 0 Å². The highest BCUT2D eigenvalue weighted by molar-refractivity contribution is 9.10. The normalized spacial score (nSPS) is 21.3. The molecule has 24 heavy (non-hydrogen) atoms. The third-order valence-electron chi connectivity index (χ3n) is 3.97. The number of carbonyl (C=O) groups is 2. The lowest BCUT2D eigenvalue weighted by Gasteiger charge is -2.28. The van der Waals surface area contributed by atoms with Crippen molar-refractivity contribution in [3.05, 3.63) is 64.1 Å². The predicted molar refractivity (Wildman–Crippen MR) is 91.0 cm³/mol. The van der Waals surface area contributed by atoms with E-state index in [9.17, 15) is 9.59 Å². The molecule has 0 unspecified atom stereocenters. The van der Waals surface area contributed by atoms with Crippen LogP contribution in [0.5, 0.6) is 0 Å². The van der Waals surface area contributed by atoms with E-state index in [1.54, 1.807) is 30.3 Å². The zero-order chi connectivity index (χ0) is 16.9. The van der Waals surface area contributed by atoms with Crippen molar-refractivity contribution in [2.75, 3.05) is 5.32 Å². The van der Waals surface area contributed by atoms with Gasteiger partial charge in [-0.1, -0.05) is 34.1 Å². The summed E-state index contributed by atoms with van der Waals surface area (Å²) in [5, 5.41) is 8.13. The number of hydrogen-bond donors (Lipinski definition) is 1. The fraction of sp³-hybridized carbons (Fsp3) is 0.118. The Morgan fingerprint density at radius 2 is 1.92 bits per heavy atom. The molecule has 2 aromatic rings. The van der Waals surface area contributed by atoms with Gasteiger partial charge in [0.25, 0.3) is 5.91 Å². The number of nitrogens with one attached hydrogen (secondary N) is 1. The van der Waals surface area contributed by atoms with Gasteiger partial charge < -0.3 is 10.1 Å². The van der Waals surface area contributed by atoms with Gasteiger partial charge in [0.05, 0.1) is 11.3 Å². The monoisotopic (exact) mass is 385 g/mol. The van der Waals surface area contributed by atoms with Crippen LogP contribution < -0.4 is 5.32 Å². The summed E-state index contributed by atoms with van der Waals surface area (Å²) in [5.74, 6) is -0.590. The average molecular weight is 386 g/mol. The summed E-state index contributed by atoms with van der Waals surface area (Å²) in [7, 11) is 0. The minimum atomic E-state index is -1.59. The predicted octanol–water partition coefficient (Wildman–Crippen LogP) is 2.79. The first-order chi connectivity index (χ1) is 11.5. The molecular formula is C17H12BrN3O3. The van der Waals surface area contributed by atoms with Crippen LogP contribution in [0.25, 0.3) is 0 Å². The molecule has 0 fully saturated rings. The van der Waals surface area contributed by atoms with Gasteiger partial charge in [0.15, 0.2) is 0 Å². The van der Waals surface area contributed by atoms with Crippen LogP contribution in [0, 0.1) is 0 Å². The molecule has 0 saturated carbocycles. The van der Waals surface area contributed by atoms with E-state index in [1.807, 2.05) is 18.2 Å². The lowest BCUT2D eigenvalue weighted by atomic mass is 10.0. The maximum atomic E-state index is 12.7. The van der Waals surface area contributed by atoms with E-state index < -0.39 is 11.6 Å². The van der Waals surface area contributed by atoms with Gasteiger partial charge in [-0.2, -0.15) is 5.01 Å². The summed E-state index contributed by atoms with van der Waals surface area (Å²) in [6.45, 7) is 1.35. The van der Waals surface area contributed by atoms with E-state index in [2.05, 4.69) is 26.3 Å². The molecule has 1 N–H and O–H groups in total. The zero-order valence-corrected chi connectivity index (χ0v) is 14.2. The number of hydrazone groups is 1. The number of benzene rings is 2. The van der Waals surface area contributed by atoms with E-state index in [0.29, 0.717) is 16.8 Å². The van der Waals surface area contributed by atoms with Crippen molar-refractivity contribution in [1.29, 1.82) is 0 Å². The second-order valence-corrected chi connectivity index (χ2v) is 6.40. The molecule has 2 aliphatic heterocycles. The quantitative estimate of drug-likeness (QED) is 0.820. The molecule has 0 bridgehead atoms. The van der Waals surface area contributed by atoms with E-state index in [0.717, 1.165) is 9.48 Å². The smallest absolute Gasteiger partial charge is 0.314 e. The Morgan fingerprint density at radius 3 is 2.62 bits per heavy atom. The highest BCUT2D eigenvalue weighted by atomic mass is 79.9. The largest absolute Gasteiger partial charge is 0.433 e. The highest BCUT2D eigenvalue weighted by Crippen LogP contribution is 2.45. The number of amides is 2. The van der Waals surface area contributed by atoms with E-state index >= 15 is 0 Å². The zero-order valence-electron chi connectivity index (χ0n) is 12.6. The highest BCUT2D eigenvalue weighted by Gasteiger charge is 2.59. The molecule has 2 aliphatic rings. The first-order valence-corrected chi connectivity index (χ1v) is 8.07. The van der Waals surface area contributed by atoms with Gasteiger partial charge in [0, 0.05) is 17.0 Å². The van der Waals surface area contributed by atoms with Crippen LogP contribution in [0.1, 0.15) is 18.1 Å². The molecule has 120 valence electrons. The minimum absolute atomic E-state index is 0.226. The number of anilines is 1. The Hall–Kier alpha value is -2.67. The van der Waals surface area contributed by atoms with Gasteiger partial charge in [0.1, 0.15) is 0 Å². The lowest BCUT2D eigenvalue weighted by Crippen LogP contribution is -2.49. The maximum Gasteiger partial charge on any atom is 0.314 e. The summed E-state index contributed by atoms with van der Waals surface area (Å²) in [5.41, 5.74) is 0.269. The van der Waals surface area contributed by atoms with Crippen molar-refractivity contribution in [2.24, 2.45) is 5.10 Å². The average Bonchev–Trinajstić information content (AvgIpc) is 3.09. The van der Waals surface area contributed by atoms with Gasteiger partial charge in [-0.05, 0) is 30.3 Å². The van der Waals surface area contributed by atoms with Crippen LogP contribution >= 0.6 is 15.9 Å². The third-order valence-corrected chi connectivity index (χ3v) is 4.50. The standard InChI is InChI=1S/C17H12BrN3O3/c1-10(22)21-17(13-4-2-3-5-14(13)19-16(17)23)24-15(20-21)11-6-8-12(18)9-7-11/h2-9H,1H3,(H,19,23)/t17-/m0/s1. The molecule has 1 spiro atoms. The van der Waals surface area contributed by atoms with E-state index in [-0.39, 0.29) is 11.8 Å². The summed E-state index contributed by atoms with van der Waals surface area (Å²) in [6, 6.07) is 14.4. The number of halogens is 1. The van der Waals surface area contributed by atoms with Crippen molar-refractivity contribution >= 4 is 39.3 Å². The molecule has 7 heteroatoms. The Balaban J connectivity index is 1.85. The Kier molecular flexibility index (Phi) is 3.21. The first-order valence-electron chi connectivity index (χ1n) is 7.28. The van der Waals surface area contributed by atoms with Crippen LogP contribution in [-0.2, 0) is 20.1 Å². The molecule has 6 nitrogen and oxygen atoms in total. The van der Waals surface area contributed by atoms with Crippen molar-refractivity contribution in [2.45, 2.75) is 12.6 Å². The Bertz CT molecular complexity index is 894. The Morgan fingerprint density at radius 1 is 1.21 bits per heavy atom. The second-order valence-electron chi connectivity index (χ2n) is 5.49. The summed E-state index contributed by atoms with van der Waals surface area (Å²) in [4.78, 5) is 24.8. The van der Waals surface area contributed by atoms with Gasteiger partial charge in [-0.3, -0.25) is 9.59 Å². The van der Waals surface area contributed by atoms with Gasteiger partial charge in [0.2, 0.25) is 11.8 Å². The molecule has 2 aromatic carbocycles. The van der Waals surface area contributed by atoms with E-state index in [4.69, 9.17) is 4.74 Å². The number of hydrogen-bond acceptors (Lipinski definition) is 4. The van der Waals surface area contributed by atoms with Crippen LogP contribution in [0.3, 0.4) is 0 Å². The third kappa shape index (κ3) is 1.98. The fourth-order valence-electron chi connectivity index (χ4n) is 2.89. The number of para-hydroxylation sites is 1. The lowest BCUT2D eigenvalue weighted by molar-refractivity contribution is -0.160. The van der Waals surface area contributed by atoms with Crippen LogP contribution in [0.4, 0.5) is 5.69 Å². The molecule has 2 heterocycles.